The molecule has 0 aromatic carbocycles. The van der Waals surface area contributed by atoms with Gasteiger partial charge in [-0.1, -0.05) is 50.5 Å². The lowest BCUT2D eigenvalue weighted by Gasteiger charge is -2.59. The van der Waals surface area contributed by atoms with Crippen molar-refractivity contribution in [2.45, 2.75) is 118 Å². The second-order valence-electron chi connectivity index (χ2n) is 12.3. The second kappa shape index (κ2) is 7.54. The van der Waals surface area contributed by atoms with E-state index in [0.29, 0.717) is 16.2 Å². The molecule has 0 spiro atoms. The van der Waals surface area contributed by atoms with Crippen LogP contribution in [0.25, 0.3) is 0 Å². The number of allylic oxidation sites excluding steroid dienone is 4. The fraction of sp³-hybridized carbons (Fsp3) is 0.857. The number of aliphatic hydroxyl groups is 1. The maximum Gasteiger partial charge on any atom is 0.0543 e. The molecule has 2 saturated carbocycles. The zero-order valence-corrected chi connectivity index (χ0v) is 20.1. The summed E-state index contributed by atoms with van der Waals surface area (Å²) in [7, 11) is 0. The first-order chi connectivity index (χ1) is 13.6. The second-order valence-corrected chi connectivity index (χ2v) is 12.3. The van der Waals surface area contributed by atoms with E-state index >= 15 is 0 Å². The van der Waals surface area contributed by atoms with Crippen LogP contribution < -0.4 is 0 Å². The molecule has 1 unspecified atom stereocenters. The summed E-state index contributed by atoms with van der Waals surface area (Å²) in [5, 5.41) is 10.3. The predicted octanol–water partition coefficient (Wildman–Crippen LogP) is 7.84. The maximum atomic E-state index is 10.3. The first kappa shape index (κ1) is 21.7. The lowest BCUT2D eigenvalue weighted by molar-refractivity contribution is -0.00479. The minimum absolute atomic E-state index is 0.0443. The molecule has 0 amide bonds. The zero-order chi connectivity index (χ0) is 21.0. The Morgan fingerprint density at radius 1 is 1.03 bits per heavy atom. The van der Waals surface area contributed by atoms with Crippen LogP contribution >= 0.6 is 0 Å². The van der Waals surface area contributed by atoms with Crippen LogP contribution in [0.1, 0.15) is 112 Å². The third kappa shape index (κ3) is 3.29. The fourth-order valence-corrected chi connectivity index (χ4v) is 8.62. The zero-order valence-electron chi connectivity index (χ0n) is 20.1. The molecule has 0 bridgehead atoms. The highest BCUT2D eigenvalue weighted by Gasteiger charge is 2.61. The van der Waals surface area contributed by atoms with Crippen molar-refractivity contribution in [1.82, 2.24) is 0 Å². The molecule has 4 aliphatic carbocycles. The summed E-state index contributed by atoms with van der Waals surface area (Å²) in [5.41, 5.74) is 6.49. The van der Waals surface area contributed by atoms with Crippen LogP contribution in [0.15, 0.2) is 22.8 Å². The third-order valence-corrected chi connectivity index (χ3v) is 10.7. The van der Waals surface area contributed by atoms with E-state index in [1.54, 1.807) is 0 Å². The van der Waals surface area contributed by atoms with Crippen molar-refractivity contribution in [2.75, 3.05) is 0 Å². The smallest absolute Gasteiger partial charge is 0.0543 e. The van der Waals surface area contributed by atoms with E-state index in [2.05, 4.69) is 47.6 Å². The number of fused-ring (bicyclic) bond motifs is 4. The van der Waals surface area contributed by atoms with E-state index in [1.807, 2.05) is 11.1 Å². The van der Waals surface area contributed by atoms with Crippen molar-refractivity contribution in [3.05, 3.63) is 22.8 Å². The molecule has 0 heterocycles. The highest BCUT2D eigenvalue weighted by Crippen LogP contribution is 2.71. The molecular formula is C28H46O. The van der Waals surface area contributed by atoms with Gasteiger partial charge in [-0.05, 0) is 118 Å². The molecule has 7 atom stereocenters. The Morgan fingerprint density at radius 2 is 1.79 bits per heavy atom. The molecule has 29 heavy (non-hydrogen) atoms. The SMILES string of the molecule is CC(C)=CCC[C@@H](C)[C@H]1CC[C@@]2(C)C3=C(CC[C@]12C)[C@@]1(C)CC[C@H](O)CC1CC3. The van der Waals surface area contributed by atoms with Crippen molar-refractivity contribution in [3.8, 4) is 0 Å². The Hall–Kier alpha value is -0.560. The normalized spacial score (nSPS) is 45.3. The summed E-state index contributed by atoms with van der Waals surface area (Å²) in [6, 6.07) is 0. The Balaban J connectivity index is 1.61. The molecule has 1 heteroatoms. The Kier molecular flexibility index (Phi) is 5.63. The summed E-state index contributed by atoms with van der Waals surface area (Å²) < 4.78 is 0. The van der Waals surface area contributed by atoms with Crippen LogP contribution in [-0.2, 0) is 0 Å². The topological polar surface area (TPSA) is 20.2 Å². The Morgan fingerprint density at radius 3 is 2.52 bits per heavy atom. The maximum absolute atomic E-state index is 10.3. The minimum atomic E-state index is -0.0443. The minimum Gasteiger partial charge on any atom is -0.393 e. The largest absolute Gasteiger partial charge is 0.393 e. The summed E-state index contributed by atoms with van der Waals surface area (Å²) in [5.74, 6) is 2.43. The van der Waals surface area contributed by atoms with Gasteiger partial charge in [-0.15, -0.1) is 0 Å². The summed E-state index contributed by atoms with van der Waals surface area (Å²) in [4.78, 5) is 0. The van der Waals surface area contributed by atoms with Crippen LogP contribution in [0.2, 0.25) is 0 Å². The number of hydrogen-bond donors (Lipinski definition) is 1. The average molecular weight is 399 g/mol. The van der Waals surface area contributed by atoms with E-state index in [1.165, 1.54) is 63.4 Å². The monoisotopic (exact) mass is 398 g/mol. The number of rotatable bonds is 4. The Labute approximate surface area is 180 Å². The van der Waals surface area contributed by atoms with E-state index < -0.39 is 0 Å². The van der Waals surface area contributed by atoms with Crippen LogP contribution in [0, 0.1) is 34.0 Å². The van der Waals surface area contributed by atoms with Gasteiger partial charge in [0.15, 0.2) is 0 Å². The van der Waals surface area contributed by atoms with Gasteiger partial charge >= 0.3 is 0 Å². The molecule has 164 valence electrons. The lowest BCUT2D eigenvalue weighted by Crippen LogP contribution is -2.49. The molecule has 2 fully saturated rings. The fourth-order valence-electron chi connectivity index (χ4n) is 8.62. The lowest BCUT2D eigenvalue weighted by atomic mass is 9.46. The van der Waals surface area contributed by atoms with Crippen molar-refractivity contribution >= 4 is 0 Å². The van der Waals surface area contributed by atoms with Crippen LogP contribution in [-0.4, -0.2) is 11.2 Å². The van der Waals surface area contributed by atoms with E-state index in [-0.39, 0.29) is 6.10 Å². The van der Waals surface area contributed by atoms with E-state index in [0.717, 1.165) is 30.6 Å². The van der Waals surface area contributed by atoms with Gasteiger partial charge in [0.05, 0.1) is 6.10 Å². The van der Waals surface area contributed by atoms with Gasteiger partial charge in [-0.25, -0.2) is 0 Å². The van der Waals surface area contributed by atoms with Crippen molar-refractivity contribution in [2.24, 2.45) is 34.0 Å². The van der Waals surface area contributed by atoms with E-state index in [4.69, 9.17) is 0 Å². The van der Waals surface area contributed by atoms with Crippen molar-refractivity contribution in [3.63, 3.8) is 0 Å². The first-order valence-electron chi connectivity index (χ1n) is 12.7. The molecule has 0 radical (unpaired) electrons. The Bertz CT molecular complexity index is 697. The molecule has 1 nitrogen and oxygen atoms in total. The van der Waals surface area contributed by atoms with Crippen molar-refractivity contribution in [1.29, 1.82) is 0 Å². The average Bonchev–Trinajstić information content (AvgIpc) is 2.93. The molecule has 1 N–H and O–H groups in total. The molecule has 0 saturated heterocycles. The van der Waals surface area contributed by atoms with Gasteiger partial charge in [0.1, 0.15) is 0 Å². The summed E-state index contributed by atoms with van der Waals surface area (Å²) >= 11 is 0. The molecule has 0 aliphatic heterocycles. The molecule has 4 aliphatic rings. The van der Waals surface area contributed by atoms with Crippen LogP contribution in [0.3, 0.4) is 0 Å². The van der Waals surface area contributed by atoms with Gasteiger partial charge in [0, 0.05) is 0 Å². The first-order valence-corrected chi connectivity index (χ1v) is 12.7. The van der Waals surface area contributed by atoms with Gasteiger partial charge in [-0.2, -0.15) is 0 Å². The van der Waals surface area contributed by atoms with Gasteiger partial charge < -0.3 is 5.11 Å². The third-order valence-electron chi connectivity index (χ3n) is 10.7. The number of aliphatic hydroxyl groups excluding tert-OH is 1. The molecule has 4 rings (SSSR count). The van der Waals surface area contributed by atoms with Crippen molar-refractivity contribution < 1.29 is 5.11 Å². The summed E-state index contributed by atoms with van der Waals surface area (Å²) in [6.07, 6.45) is 16.5. The predicted molar refractivity (Wildman–Crippen MR) is 124 cm³/mol. The molecular weight excluding hydrogens is 352 g/mol. The molecule has 0 aromatic heterocycles. The molecule has 0 aromatic rings. The van der Waals surface area contributed by atoms with Gasteiger partial charge in [0.25, 0.3) is 0 Å². The van der Waals surface area contributed by atoms with Crippen LogP contribution in [0.4, 0.5) is 0 Å². The summed E-state index contributed by atoms with van der Waals surface area (Å²) in [6.45, 7) is 14.9. The van der Waals surface area contributed by atoms with E-state index in [9.17, 15) is 5.11 Å². The van der Waals surface area contributed by atoms with Gasteiger partial charge in [-0.3, -0.25) is 0 Å². The van der Waals surface area contributed by atoms with Gasteiger partial charge in [0.2, 0.25) is 0 Å². The standard InChI is InChI=1S/C28H46O/c1-19(2)8-7-9-20(3)23-13-16-28(6)25-11-10-21-18-22(29)12-15-26(21,4)24(25)14-17-27(23,28)5/h8,20-23,29H,7,9-18H2,1-6H3/t20-,21?,22+,23-,26+,27-,28+/m1/s1. The highest BCUT2D eigenvalue weighted by atomic mass is 16.3. The number of hydrogen-bond acceptors (Lipinski definition) is 1. The van der Waals surface area contributed by atoms with Crippen LogP contribution in [0.5, 0.6) is 0 Å². The highest BCUT2D eigenvalue weighted by molar-refractivity contribution is 5.38. The quantitative estimate of drug-likeness (QED) is 0.478.